The van der Waals surface area contributed by atoms with Crippen LogP contribution in [0.25, 0.3) is 0 Å². The number of carbonyl (C=O) groups excluding carboxylic acids is 2. The Morgan fingerprint density at radius 3 is 2.64 bits per heavy atom. The fraction of sp³-hybridized carbons (Fsp3) is 0.375. The first-order valence-electron chi connectivity index (χ1n) is 7.95. The summed E-state index contributed by atoms with van der Waals surface area (Å²) in [6.45, 7) is 0.692. The highest BCUT2D eigenvalue weighted by Crippen LogP contribution is 2.42. The van der Waals surface area contributed by atoms with Gasteiger partial charge in [0.2, 0.25) is 5.91 Å². The summed E-state index contributed by atoms with van der Waals surface area (Å²) >= 11 is 0. The third-order valence-corrected chi connectivity index (χ3v) is 5.71. The third-order valence-electron chi connectivity index (χ3n) is 4.32. The van der Waals surface area contributed by atoms with Crippen LogP contribution in [0, 0.1) is 5.92 Å². The quantitative estimate of drug-likeness (QED) is 0.468. The van der Waals surface area contributed by atoms with Crippen LogP contribution in [-0.2, 0) is 19.6 Å². The smallest absolute Gasteiger partial charge is 0.266 e. The number of hydrogen-bond acceptors (Lipinski definition) is 6. The van der Waals surface area contributed by atoms with Gasteiger partial charge in [0.1, 0.15) is 10.4 Å². The number of hydrogen-bond donors (Lipinski definition) is 4. The zero-order chi connectivity index (χ0) is 18.1. The van der Waals surface area contributed by atoms with Gasteiger partial charge in [0, 0.05) is 25.4 Å². The standard InChI is InChI=1S/C16H20N4O4S/c17-16-10-11(16)4-3-7-14(21)19-9-8-18-12-5-1-2-6-13(12)25(23,24)20-15(16)22/h1-6,11,18H,7-10,17H2,(H,19,21)(H,20,22)/b4-3+/t11-,16-/m1/s1. The largest absolute Gasteiger partial charge is 0.382 e. The van der Waals surface area contributed by atoms with Crippen LogP contribution in [-0.4, -0.2) is 38.9 Å². The molecule has 1 aromatic carbocycles. The molecule has 0 saturated heterocycles. The molecule has 0 aromatic heterocycles. The van der Waals surface area contributed by atoms with Crippen LogP contribution in [0.15, 0.2) is 41.3 Å². The Bertz CT molecular complexity index is 836. The topological polar surface area (TPSA) is 130 Å². The monoisotopic (exact) mass is 364 g/mol. The fourth-order valence-corrected chi connectivity index (χ4v) is 3.97. The highest BCUT2D eigenvalue weighted by atomic mass is 32.2. The van der Waals surface area contributed by atoms with Crippen LogP contribution in [0.3, 0.4) is 0 Å². The molecule has 1 saturated carbocycles. The number of sulfonamides is 1. The van der Waals surface area contributed by atoms with Crippen LogP contribution in [0.1, 0.15) is 12.8 Å². The van der Waals surface area contributed by atoms with Crippen molar-refractivity contribution in [1.82, 2.24) is 10.0 Å². The molecule has 0 bridgehead atoms. The van der Waals surface area contributed by atoms with Crippen LogP contribution < -0.4 is 21.1 Å². The summed E-state index contributed by atoms with van der Waals surface area (Å²) in [6.07, 6.45) is 3.87. The Hall–Kier alpha value is -2.39. The van der Waals surface area contributed by atoms with Crippen molar-refractivity contribution in [3.05, 3.63) is 36.4 Å². The Morgan fingerprint density at radius 1 is 1.12 bits per heavy atom. The zero-order valence-electron chi connectivity index (χ0n) is 13.5. The minimum Gasteiger partial charge on any atom is -0.382 e. The number of fused-ring (bicyclic) bond motifs is 2. The predicted octanol–water partition coefficient (Wildman–Crippen LogP) is -0.303. The van der Waals surface area contributed by atoms with Crippen molar-refractivity contribution in [2.24, 2.45) is 11.7 Å². The van der Waals surface area contributed by atoms with Gasteiger partial charge in [-0.1, -0.05) is 24.3 Å². The molecule has 0 radical (unpaired) electrons. The maximum Gasteiger partial charge on any atom is 0.266 e. The van der Waals surface area contributed by atoms with Crippen molar-refractivity contribution in [2.75, 3.05) is 18.4 Å². The van der Waals surface area contributed by atoms with Gasteiger partial charge in [-0.3, -0.25) is 9.59 Å². The van der Waals surface area contributed by atoms with Gasteiger partial charge >= 0.3 is 0 Å². The van der Waals surface area contributed by atoms with Gasteiger partial charge < -0.3 is 16.4 Å². The molecule has 2 amide bonds. The average molecular weight is 364 g/mol. The van der Waals surface area contributed by atoms with Crippen LogP contribution in [0.5, 0.6) is 0 Å². The first kappa shape index (κ1) is 17.4. The first-order chi connectivity index (χ1) is 11.8. The fourth-order valence-electron chi connectivity index (χ4n) is 2.74. The van der Waals surface area contributed by atoms with E-state index in [4.69, 9.17) is 5.73 Å². The number of rotatable bonds is 0. The van der Waals surface area contributed by atoms with Crippen molar-refractivity contribution >= 4 is 27.5 Å². The van der Waals surface area contributed by atoms with E-state index in [1.54, 1.807) is 30.4 Å². The van der Waals surface area contributed by atoms with E-state index in [0.717, 1.165) is 0 Å². The second-order valence-corrected chi connectivity index (χ2v) is 7.84. The van der Waals surface area contributed by atoms with Gasteiger partial charge in [0.15, 0.2) is 0 Å². The van der Waals surface area contributed by atoms with Crippen LogP contribution in [0.2, 0.25) is 0 Å². The molecule has 1 aromatic rings. The molecule has 1 aliphatic carbocycles. The third kappa shape index (κ3) is 3.67. The number of para-hydroxylation sites is 1. The van der Waals surface area contributed by atoms with E-state index in [-0.39, 0.29) is 23.1 Å². The van der Waals surface area contributed by atoms with Gasteiger partial charge in [-0.2, -0.15) is 0 Å². The van der Waals surface area contributed by atoms with E-state index >= 15 is 0 Å². The summed E-state index contributed by atoms with van der Waals surface area (Å²) in [5.41, 5.74) is 5.10. The van der Waals surface area contributed by atoms with E-state index in [1.807, 2.05) is 0 Å². The van der Waals surface area contributed by atoms with Crippen molar-refractivity contribution in [3.8, 4) is 0 Å². The molecule has 3 rings (SSSR count). The maximum atomic E-state index is 12.6. The highest BCUT2D eigenvalue weighted by molar-refractivity contribution is 7.90. The van der Waals surface area contributed by atoms with Gasteiger partial charge in [-0.25, -0.2) is 13.1 Å². The van der Waals surface area contributed by atoms with Crippen molar-refractivity contribution in [2.45, 2.75) is 23.3 Å². The van der Waals surface area contributed by atoms with Gasteiger partial charge in [-0.15, -0.1) is 0 Å². The van der Waals surface area contributed by atoms with Gasteiger partial charge in [0.05, 0.1) is 5.69 Å². The Balaban J connectivity index is 1.91. The van der Waals surface area contributed by atoms with E-state index in [2.05, 4.69) is 15.4 Å². The van der Waals surface area contributed by atoms with Crippen molar-refractivity contribution in [3.63, 3.8) is 0 Å². The molecule has 134 valence electrons. The van der Waals surface area contributed by atoms with E-state index in [0.29, 0.717) is 25.2 Å². The summed E-state index contributed by atoms with van der Waals surface area (Å²) in [4.78, 5) is 24.1. The Kier molecular flexibility index (Phi) is 4.53. The van der Waals surface area contributed by atoms with E-state index in [9.17, 15) is 18.0 Å². The molecular weight excluding hydrogens is 344 g/mol. The lowest BCUT2D eigenvalue weighted by atomic mass is 10.2. The number of nitrogens with one attached hydrogen (secondary N) is 3. The minimum absolute atomic E-state index is 0.0408. The lowest BCUT2D eigenvalue weighted by molar-refractivity contribution is -0.122. The normalized spacial score (nSPS) is 30.2. The summed E-state index contributed by atoms with van der Waals surface area (Å²) in [6, 6.07) is 6.25. The molecule has 2 aliphatic rings. The molecule has 25 heavy (non-hydrogen) atoms. The summed E-state index contributed by atoms with van der Waals surface area (Å²) in [7, 11) is -4.06. The molecule has 1 aliphatic heterocycles. The number of carbonyl (C=O) groups is 2. The maximum absolute atomic E-state index is 12.6. The predicted molar refractivity (Wildman–Crippen MR) is 92.1 cm³/mol. The molecule has 2 atom stereocenters. The molecule has 1 fully saturated rings. The number of anilines is 1. The minimum atomic E-state index is -4.06. The van der Waals surface area contributed by atoms with Crippen LogP contribution in [0.4, 0.5) is 5.69 Å². The molecule has 1 heterocycles. The summed E-state index contributed by atoms with van der Waals surface area (Å²) in [5, 5.41) is 5.69. The van der Waals surface area contributed by atoms with Gasteiger partial charge in [-0.05, 0) is 18.6 Å². The first-order valence-corrected chi connectivity index (χ1v) is 9.44. The number of nitrogens with two attached hydrogens (primary N) is 1. The van der Waals surface area contributed by atoms with E-state index in [1.165, 1.54) is 6.07 Å². The number of amides is 2. The van der Waals surface area contributed by atoms with Crippen LogP contribution >= 0.6 is 0 Å². The van der Waals surface area contributed by atoms with Crippen molar-refractivity contribution in [1.29, 1.82) is 0 Å². The average Bonchev–Trinajstić information content (AvgIpc) is 3.23. The molecule has 8 nitrogen and oxygen atoms in total. The Morgan fingerprint density at radius 2 is 1.84 bits per heavy atom. The van der Waals surface area contributed by atoms with E-state index < -0.39 is 21.5 Å². The summed E-state index contributed by atoms with van der Waals surface area (Å²) < 4.78 is 27.2. The molecule has 5 N–H and O–H groups in total. The lowest BCUT2D eigenvalue weighted by Gasteiger charge is -2.15. The molecule has 0 spiro atoms. The Labute approximate surface area is 145 Å². The second kappa shape index (κ2) is 6.49. The lowest BCUT2D eigenvalue weighted by Crippen LogP contribution is -2.46. The summed E-state index contributed by atoms with van der Waals surface area (Å²) in [5.74, 6) is -1.17. The molecule has 0 unspecified atom stereocenters. The van der Waals surface area contributed by atoms with Gasteiger partial charge in [0.25, 0.3) is 15.9 Å². The SMILES string of the molecule is N[C@]12C[C@H]1/C=C/CC(=O)NCCNc1ccccc1S(=O)(=O)NC2=O. The molecular formula is C16H20N4O4S. The second-order valence-electron chi connectivity index (χ2n) is 6.19. The zero-order valence-corrected chi connectivity index (χ0v) is 14.3. The number of benzene rings is 1. The molecule has 9 heteroatoms. The van der Waals surface area contributed by atoms with Crippen molar-refractivity contribution < 1.29 is 18.0 Å². The highest BCUT2D eigenvalue weighted by Gasteiger charge is 2.56.